The van der Waals surface area contributed by atoms with E-state index in [0.717, 1.165) is 19.4 Å². The Hall–Kier alpha value is -1.17. The van der Waals surface area contributed by atoms with Crippen molar-refractivity contribution < 1.29 is 9.18 Å². The summed E-state index contributed by atoms with van der Waals surface area (Å²) < 4.78 is 13.7. The predicted octanol–water partition coefficient (Wildman–Crippen LogP) is 2.41. The van der Waals surface area contributed by atoms with Gasteiger partial charge in [-0.05, 0) is 32.4 Å². The average molecular weight is 344 g/mol. The molecule has 4 nitrogen and oxygen atoms in total. The van der Waals surface area contributed by atoms with Gasteiger partial charge in [0.05, 0.1) is 6.54 Å². The highest BCUT2D eigenvalue weighted by atomic mass is 35.5. The van der Waals surface area contributed by atoms with Gasteiger partial charge in [0.15, 0.2) is 0 Å². The van der Waals surface area contributed by atoms with Gasteiger partial charge in [0.25, 0.3) is 0 Å². The monoisotopic (exact) mass is 343 g/mol. The first-order chi connectivity index (χ1) is 10.5. The zero-order chi connectivity index (χ0) is 16.1. The predicted molar refractivity (Wildman–Crippen MR) is 93.0 cm³/mol. The number of benzene rings is 1. The van der Waals surface area contributed by atoms with Crippen LogP contribution in [0.2, 0.25) is 0 Å². The van der Waals surface area contributed by atoms with Gasteiger partial charge in [-0.2, -0.15) is 0 Å². The number of nitrogens with two attached hydrogens (primary N) is 1. The number of likely N-dealkylation sites (N-methyl/N-ethyl adjacent to an activating group) is 1. The molecule has 2 unspecified atom stereocenters. The molecule has 0 radical (unpaired) electrons. The molecule has 1 aliphatic heterocycles. The highest BCUT2D eigenvalue weighted by Gasteiger charge is 2.27. The maximum Gasteiger partial charge on any atom is 0.236 e. The SMILES string of the molecule is CC(N)C1CCCCN1CC(=O)N(C)Cc1ccccc1F.Cl. The zero-order valence-electron chi connectivity index (χ0n) is 13.9. The van der Waals surface area contributed by atoms with Crippen LogP contribution in [-0.4, -0.2) is 47.9 Å². The third-order valence-electron chi connectivity index (χ3n) is 4.40. The number of carbonyl (C=O) groups is 1. The largest absolute Gasteiger partial charge is 0.340 e. The third kappa shape index (κ3) is 5.44. The Bertz CT molecular complexity index is 512. The van der Waals surface area contributed by atoms with Crippen molar-refractivity contribution in [3.05, 3.63) is 35.6 Å². The molecule has 2 atom stereocenters. The molecule has 6 heteroatoms. The standard InChI is InChI=1S/C17H26FN3O.ClH/c1-13(19)16-9-5-6-10-21(16)12-17(22)20(2)11-14-7-3-4-8-15(14)18;/h3-4,7-8,13,16H,5-6,9-12,19H2,1-2H3;1H. The summed E-state index contributed by atoms with van der Waals surface area (Å²) in [7, 11) is 1.72. The molecule has 1 saturated heterocycles. The van der Waals surface area contributed by atoms with Gasteiger partial charge in [-0.1, -0.05) is 24.6 Å². The Kier molecular flexibility index (Phi) is 7.95. The van der Waals surface area contributed by atoms with E-state index < -0.39 is 0 Å². The van der Waals surface area contributed by atoms with Crippen molar-refractivity contribution in [2.75, 3.05) is 20.1 Å². The summed E-state index contributed by atoms with van der Waals surface area (Å²) in [6.07, 6.45) is 3.32. The van der Waals surface area contributed by atoms with E-state index in [-0.39, 0.29) is 36.2 Å². The van der Waals surface area contributed by atoms with Crippen LogP contribution in [0.4, 0.5) is 4.39 Å². The summed E-state index contributed by atoms with van der Waals surface area (Å²) in [5.41, 5.74) is 6.58. The van der Waals surface area contributed by atoms with E-state index in [1.54, 1.807) is 30.1 Å². The van der Waals surface area contributed by atoms with Crippen LogP contribution in [0.3, 0.4) is 0 Å². The molecule has 1 amide bonds. The van der Waals surface area contributed by atoms with Crippen LogP contribution in [0.25, 0.3) is 0 Å². The molecule has 1 heterocycles. The lowest BCUT2D eigenvalue weighted by atomic mass is 9.97. The normalized spacial score (nSPS) is 19.7. The van der Waals surface area contributed by atoms with E-state index in [1.165, 1.54) is 12.5 Å². The second-order valence-electron chi connectivity index (χ2n) is 6.23. The maximum absolute atomic E-state index is 13.7. The summed E-state index contributed by atoms with van der Waals surface area (Å²) in [6, 6.07) is 6.90. The lowest BCUT2D eigenvalue weighted by Gasteiger charge is -2.38. The molecule has 1 fully saturated rings. The van der Waals surface area contributed by atoms with Gasteiger partial charge in [0.2, 0.25) is 5.91 Å². The first-order valence-electron chi connectivity index (χ1n) is 7.96. The second kappa shape index (κ2) is 9.21. The van der Waals surface area contributed by atoms with Crippen molar-refractivity contribution in [1.29, 1.82) is 0 Å². The van der Waals surface area contributed by atoms with Gasteiger partial charge in [-0.3, -0.25) is 9.69 Å². The summed E-state index contributed by atoms with van der Waals surface area (Å²) in [6.45, 7) is 3.56. The van der Waals surface area contributed by atoms with Crippen LogP contribution in [0.15, 0.2) is 24.3 Å². The summed E-state index contributed by atoms with van der Waals surface area (Å²) in [4.78, 5) is 16.2. The van der Waals surface area contributed by atoms with E-state index in [4.69, 9.17) is 5.73 Å². The molecule has 1 aliphatic rings. The molecule has 0 bridgehead atoms. The van der Waals surface area contributed by atoms with Crippen LogP contribution in [0, 0.1) is 5.82 Å². The minimum atomic E-state index is -0.270. The lowest BCUT2D eigenvalue weighted by molar-refractivity contribution is -0.132. The van der Waals surface area contributed by atoms with Crippen molar-refractivity contribution in [3.8, 4) is 0 Å². The minimum absolute atomic E-state index is 0. The molecule has 0 aliphatic carbocycles. The van der Waals surface area contributed by atoms with Gasteiger partial charge >= 0.3 is 0 Å². The van der Waals surface area contributed by atoms with Crippen molar-refractivity contribution in [2.45, 2.75) is 44.8 Å². The fraction of sp³-hybridized carbons (Fsp3) is 0.588. The van der Waals surface area contributed by atoms with E-state index in [2.05, 4.69) is 4.90 Å². The Balaban J connectivity index is 0.00000264. The Labute approximate surface area is 144 Å². The van der Waals surface area contributed by atoms with Gasteiger partial charge in [0.1, 0.15) is 5.82 Å². The highest BCUT2D eigenvalue weighted by molar-refractivity contribution is 5.85. The first kappa shape index (κ1) is 19.9. The number of amides is 1. The number of hydrogen-bond acceptors (Lipinski definition) is 3. The zero-order valence-corrected chi connectivity index (χ0v) is 14.7. The average Bonchev–Trinajstić information content (AvgIpc) is 2.49. The van der Waals surface area contributed by atoms with Gasteiger partial charge in [-0.15, -0.1) is 12.4 Å². The van der Waals surface area contributed by atoms with Gasteiger partial charge < -0.3 is 10.6 Å². The van der Waals surface area contributed by atoms with Gasteiger partial charge in [-0.25, -0.2) is 4.39 Å². The fourth-order valence-corrected chi connectivity index (χ4v) is 3.07. The Morgan fingerprint density at radius 2 is 2.13 bits per heavy atom. The highest BCUT2D eigenvalue weighted by Crippen LogP contribution is 2.19. The van der Waals surface area contributed by atoms with Crippen LogP contribution in [0.5, 0.6) is 0 Å². The summed E-state index contributed by atoms with van der Waals surface area (Å²) in [5, 5.41) is 0. The molecule has 1 aromatic rings. The molecular formula is C17H27ClFN3O. The molecule has 0 spiro atoms. The first-order valence-corrected chi connectivity index (χ1v) is 7.96. The molecule has 0 aromatic heterocycles. The van der Waals surface area contributed by atoms with E-state index >= 15 is 0 Å². The molecule has 1 aromatic carbocycles. The molecular weight excluding hydrogens is 317 g/mol. The summed E-state index contributed by atoms with van der Waals surface area (Å²) >= 11 is 0. The quantitative estimate of drug-likeness (QED) is 0.893. The molecule has 23 heavy (non-hydrogen) atoms. The molecule has 2 N–H and O–H groups in total. The number of hydrogen-bond donors (Lipinski definition) is 1. The maximum atomic E-state index is 13.7. The number of likely N-dealkylation sites (tertiary alicyclic amines) is 1. The van der Waals surface area contributed by atoms with E-state index in [1.807, 2.05) is 6.92 Å². The lowest BCUT2D eigenvalue weighted by Crippen LogP contribution is -2.52. The number of piperidine rings is 1. The van der Waals surface area contributed by atoms with Crippen molar-refractivity contribution in [1.82, 2.24) is 9.80 Å². The number of nitrogens with zero attached hydrogens (tertiary/aromatic N) is 2. The Morgan fingerprint density at radius 1 is 1.43 bits per heavy atom. The molecule has 130 valence electrons. The Morgan fingerprint density at radius 3 is 2.78 bits per heavy atom. The number of rotatable bonds is 5. The smallest absolute Gasteiger partial charge is 0.236 e. The topological polar surface area (TPSA) is 49.6 Å². The van der Waals surface area contributed by atoms with Crippen LogP contribution >= 0.6 is 12.4 Å². The number of carbonyl (C=O) groups excluding carboxylic acids is 1. The summed E-state index contributed by atoms with van der Waals surface area (Å²) in [5.74, 6) is -0.260. The second-order valence-corrected chi connectivity index (χ2v) is 6.23. The fourth-order valence-electron chi connectivity index (χ4n) is 3.07. The minimum Gasteiger partial charge on any atom is -0.340 e. The van der Waals surface area contributed by atoms with E-state index in [0.29, 0.717) is 18.7 Å². The van der Waals surface area contributed by atoms with Crippen LogP contribution < -0.4 is 5.73 Å². The number of halogens is 2. The van der Waals surface area contributed by atoms with Crippen molar-refractivity contribution in [3.63, 3.8) is 0 Å². The third-order valence-corrected chi connectivity index (χ3v) is 4.40. The van der Waals surface area contributed by atoms with Crippen LogP contribution in [-0.2, 0) is 11.3 Å². The van der Waals surface area contributed by atoms with Crippen molar-refractivity contribution >= 4 is 18.3 Å². The van der Waals surface area contributed by atoms with Crippen molar-refractivity contribution in [2.24, 2.45) is 5.73 Å². The van der Waals surface area contributed by atoms with E-state index in [9.17, 15) is 9.18 Å². The molecule has 2 rings (SSSR count). The van der Waals surface area contributed by atoms with Crippen LogP contribution in [0.1, 0.15) is 31.7 Å². The molecule has 0 saturated carbocycles. The van der Waals surface area contributed by atoms with Gasteiger partial charge in [0, 0.05) is 31.2 Å².